The van der Waals surface area contributed by atoms with Gasteiger partial charge in [-0.15, -0.1) is 0 Å². The number of nitrogens with one attached hydrogen (secondary N) is 1. The third-order valence-corrected chi connectivity index (χ3v) is 6.50. The standard InChI is InChI=1S/C16H18N4O2S/c1-2-23(21,22)20-8-5-12(10-20)15-14-11(3-6-17-15)9-19-16-13(14)4-7-18-16/h3-4,6-7,9,12,17H,2,5,8,10H2,1H3. The average Bonchev–Trinajstić information content (AvgIpc) is 3.23. The molecule has 0 amide bonds. The Labute approximate surface area is 134 Å². The quantitative estimate of drug-likeness (QED) is 0.799. The monoisotopic (exact) mass is 330 g/mol. The largest absolute Gasteiger partial charge is 0.364 e. The van der Waals surface area contributed by atoms with E-state index in [2.05, 4.69) is 15.0 Å². The lowest BCUT2D eigenvalue weighted by Crippen LogP contribution is -2.30. The number of aromatic amines is 1. The van der Waals surface area contributed by atoms with E-state index >= 15 is 0 Å². The molecule has 0 bridgehead atoms. The lowest BCUT2D eigenvalue weighted by atomic mass is 9.97. The third kappa shape index (κ3) is 2.31. The van der Waals surface area contributed by atoms with Crippen molar-refractivity contribution in [3.8, 4) is 0 Å². The van der Waals surface area contributed by atoms with E-state index < -0.39 is 10.0 Å². The van der Waals surface area contributed by atoms with Crippen LogP contribution in [0.3, 0.4) is 0 Å². The highest BCUT2D eigenvalue weighted by Crippen LogP contribution is 2.34. The maximum atomic E-state index is 12.1. The molecule has 0 aromatic carbocycles. The molecule has 4 rings (SSSR count). The minimum Gasteiger partial charge on any atom is -0.364 e. The van der Waals surface area contributed by atoms with E-state index in [-0.39, 0.29) is 11.7 Å². The highest BCUT2D eigenvalue weighted by molar-refractivity contribution is 7.89. The van der Waals surface area contributed by atoms with Crippen molar-refractivity contribution in [1.82, 2.24) is 19.3 Å². The zero-order valence-electron chi connectivity index (χ0n) is 12.9. The van der Waals surface area contributed by atoms with Gasteiger partial charge in [-0.25, -0.2) is 22.7 Å². The first-order valence-electron chi connectivity index (χ1n) is 7.78. The summed E-state index contributed by atoms with van der Waals surface area (Å²) < 4.78 is 25.8. The number of fused-ring (bicyclic) bond motifs is 3. The molecule has 3 aromatic heterocycles. The number of sulfonamides is 1. The topological polar surface area (TPSA) is 79.0 Å². The molecule has 1 atom stereocenters. The highest BCUT2D eigenvalue weighted by atomic mass is 32.2. The molecule has 6 nitrogen and oxygen atoms in total. The minimum atomic E-state index is -3.13. The molecule has 4 heterocycles. The van der Waals surface area contributed by atoms with Gasteiger partial charge in [-0.3, -0.25) is 0 Å². The van der Waals surface area contributed by atoms with E-state index in [1.54, 1.807) is 17.4 Å². The molecular weight excluding hydrogens is 312 g/mol. The molecule has 1 aliphatic heterocycles. The molecule has 3 aromatic rings. The number of nitrogens with zero attached hydrogens (tertiary/aromatic N) is 3. The van der Waals surface area contributed by atoms with Crippen LogP contribution in [0.25, 0.3) is 21.8 Å². The van der Waals surface area contributed by atoms with Crippen LogP contribution in [0.5, 0.6) is 0 Å². The molecule has 1 aliphatic rings. The Morgan fingerprint density at radius 2 is 2.22 bits per heavy atom. The van der Waals surface area contributed by atoms with Crippen molar-refractivity contribution in [3.63, 3.8) is 0 Å². The third-order valence-electron chi connectivity index (χ3n) is 4.65. The van der Waals surface area contributed by atoms with Crippen LogP contribution in [-0.2, 0) is 10.0 Å². The lowest BCUT2D eigenvalue weighted by molar-refractivity contribution is 0.473. The summed E-state index contributed by atoms with van der Waals surface area (Å²) in [4.78, 5) is 12.0. The zero-order chi connectivity index (χ0) is 16.0. The predicted octanol–water partition coefficient (Wildman–Crippen LogP) is 2.25. The van der Waals surface area contributed by atoms with Gasteiger partial charge in [-0.05, 0) is 25.5 Å². The summed E-state index contributed by atoms with van der Waals surface area (Å²) in [6.07, 6.45) is 6.32. The zero-order valence-corrected chi connectivity index (χ0v) is 13.7. The number of hydrogen-bond donors (Lipinski definition) is 1. The Kier molecular flexibility index (Phi) is 3.35. The summed E-state index contributed by atoms with van der Waals surface area (Å²) in [7, 11) is -3.13. The van der Waals surface area contributed by atoms with Gasteiger partial charge in [0.15, 0.2) is 5.65 Å². The Bertz CT molecular complexity index is 980. The molecule has 1 N–H and O–H groups in total. The first-order valence-corrected chi connectivity index (χ1v) is 9.39. The Hall–Kier alpha value is -1.99. The molecule has 0 saturated carbocycles. The average molecular weight is 330 g/mol. The minimum absolute atomic E-state index is 0.153. The molecule has 0 aliphatic carbocycles. The Morgan fingerprint density at radius 3 is 3.04 bits per heavy atom. The van der Waals surface area contributed by atoms with E-state index in [4.69, 9.17) is 0 Å². The molecular formula is C16H18N4O2S. The highest BCUT2D eigenvalue weighted by Gasteiger charge is 2.32. The molecule has 1 unspecified atom stereocenters. The molecule has 1 saturated heterocycles. The van der Waals surface area contributed by atoms with Gasteiger partial charge in [0.25, 0.3) is 0 Å². The number of aromatic nitrogens is 3. The normalized spacial score (nSPS) is 19.8. The van der Waals surface area contributed by atoms with Gasteiger partial charge in [-0.2, -0.15) is 0 Å². The van der Waals surface area contributed by atoms with E-state index in [9.17, 15) is 8.42 Å². The van der Waals surface area contributed by atoms with Crippen LogP contribution in [0.2, 0.25) is 0 Å². The van der Waals surface area contributed by atoms with Crippen molar-refractivity contribution in [2.24, 2.45) is 0 Å². The van der Waals surface area contributed by atoms with E-state index in [0.717, 1.165) is 33.9 Å². The summed E-state index contributed by atoms with van der Waals surface area (Å²) in [5.74, 6) is 0.320. The second-order valence-corrected chi connectivity index (χ2v) is 8.16. The fourth-order valence-corrected chi connectivity index (χ4v) is 4.57. The van der Waals surface area contributed by atoms with Crippen LogP contribution < -0.4 is 0 Å². The summed E-state index contributed by atoms with van der Waals surface area (Å²) in [5, 5.41) is 3.18. The molecule has 120 valence electrons. The molecule has 7 heteroatoms. The Balaban J connectivity index is 1.82. The SMILES string of the molecule is CCS(=O)(=O)N1CCC(c2[nH]ccc3cnc4nccc4c23)C1. The van der Waals surface area contributed by atoms with Gasteiger partial charge in [0.05, 0.1) is 5.75 Å². The molecule has 0 radical (unpaired) electrons. The van der Waals surface area contributed by atoms with Crippen molar-refractivity contribution in [1.29, 1.82) is 0 Å². The Morgan fingerprint density at radius 1 is 1.35 bits per heavy atom. The van der Waals surface area contributed by atoms with E-state index in [1.165, 1.54) is 0 Å². The van der Waals surface area contributed by atoms with E-state index in [0.29, 0.717) is 13.1 Å². The number of H-pyrrole nitrogens is 1. The van der Waals surface area contributed by atoms with Gasteiger partial charge in [0.2, 0.25) is 10.0 Å². The molecule has 0 spiro atoms. The smallest absolute Gasteiger partial charge is 0.213 e. The fraction of sp³-hybridized carbons (Fsp3) is 0.375. The van der Waals surface area contributed by atoms with Gasteiger partial charge >= 0.3 is 0 Å². The van der Waals surface area contributed by atoms with Crippen molar-refractivity contribution < 1.29 is 8.42 Å². The number of pyridine rings is 2. The first kappa shape index (κ1) is 14.6. The second kappa shape index (κ2) is 5.28. The van der Waals surface area contributed by atoms with Gasteiger partial charge in [-0.1, -0.05) is 0 Å². The van der Waals surface area contributed by atoms with Gasteiger partial charge < -0.3 is 4.98 Å². The van der Waals surface area contributed by atoms with Crippen LogP contribution in [0, 0.1) is 0 Å². The van der Waals surface area contributed by atoms with Gasteiger partial charge in [0, 0.05) is 59.5 Å². The number of hydrogen-bond acceptors (Lipinski definition) is 4. The van der Waals surface area contributed by atoms with Crippen molar-refractivity contribution in [2.75, 3.05) is 18.8 Å². The van der Waals surface area contributed by atoms with Gasteiger partial charge in [0.1, 0.15) is 0 Å². The maximum absolute atomic E-state index is 12.1. The first-order chi connectivity index (χ1) is 11.1. The summed E-state index contributed by atoms with van der Waals surface area (Å²) in [5.41, 5.74) is 1.81. The second-order valence-electron chi connectivity index (χ2n) is 5.91. The van der Waals surface area contributed by atoms with Crippen molar-refractivity contribution in [2.45, 2.75) is 19.3 Å². The van der Waals surface area contributed by atoms with Crippen LogP contribution in [0.15, 0.2) is 30.7 Å². The van der Waals surface area contributed by atoms with Crippen LogP contribution in [-0.4, -0.2) is 46.5 Å². The van der Waals surface area contributed by atoms with Crippen LogP contribution in [0.4, 0.5) is 0 Å². The predicted molar refractivity (Wildman–Crippen MR) is 89.8 cm³/mol. The molecule has 1 fully saturated rings. The van der Waals surface area contributed by atoms with Crippen molar-refractivity contribution in [3.05, 3.63) is 36.4 Å². The lowest BCUT2D eigenvalue weighted by Gasteiger charge is -2.16. The molecule has 23 heavy (non-hydrogen) atoms. The van der Waals surface area contributed by atoms with Crippen LogP contribution >= 0.6 is 0 Å². The number of rotatable bonds is 3. The summed E-state index contributed by atoms with van der Waals surface area (Å²) in [6.45, 7) is 2.81. The van der Waals surface area contributed by atoms with Crippen LogP contribution in [0.1, 0.15) is 25.0 Å². The maximum Gasteiger partial charge on any atom is 0.213 e. The fourth-order valence-electron chi connectivity index (χ4n) is 3.42. The summed E-state index contributed by atoms with van der Waals surface area (Å²) >= 11 is 0. The van der Waals surface area contributed by atoms with E-state index in [1.807, 2.05) is 24.5 Å². The van der Waals surface area contributed by atoms with Crippen molar-refractivity contribution >= 4 is 31.8 Å². The summed E-state index contributed by atoms with van der Waals surface area (Å²) in [6, 6.07) is 3.96.